The number of hydrogen-bond donors (Lipinski definition) is 1. The van der Waals surface area contributed by atoms with Crippen LogP contribution in [0.2, 0.25) is 0 Å². The van der Waals surface area contributed by atoms with Crippen LogP contribution in [-0.4, -0.2) is 19.6 Å². The lowest BCUT2D eigenvalue weighted by atomic mass is 9.80. The summed E-state index contributed by atoms with van der Waals surface area (Å²) in [5.41, 5.74) is 7.15. The zero-order valence-corrected chi connectivity index (χ0v) is 16.0. The van der Waals surface area contributed by atoms with Crippen molar-refractivity contribution in [3.8, 4) is 5.75 Å². The van der Waals surface area contributed by atoms with Crippen molar-refractivity contribution >= 4 is 5.97 Å². The first kappa shape index (κ1) is 19.6. The summed E-state index contributed by atoms with van der Waals surface area (Å²) in [5, 5.41) is 0. The number of methoxy groups -OCH3 is 1. The van der Waals surface area contributed by atoms with E-state index < -0.39 is 5.60 Å². The summed E-state index contributed by atoms with van der Waals surface area (Å²) < 4.78 is 11.5. The fourth-order valence-electron chi connectivity index (χ4n) is 3.32. The van der Waals surface area contributed by atoms with Gasteiger partial charge in [0.2, 0.25) is 0 Å². The van der Waals surface area contributed by atoms with Gasteiger partial charge in [0.05, 0.1) is 7.11 Å². The van der Waals surface area contributed by atoms with Gasteiger partial charge in [-0.3, -0.25) is 4.79 Å². The van der Waals surface area contributed by atoms with Crippen molar-refractivity contribution in [1.29, 1.82) is 0 Å². The summed E-state index contributed by atoms with van der Waals surface area (Å²) in [6.07, 6.45) is 0.856. The lowest BCUT2D eigenvalue weighted by Gasteiger charge is -2.35. The predicted molar refractivity (Wildman–Crippen MR) is 110 cm³/mol. The van der Waals surface area contributed by atoms with Gasteiger partial charge < -0.3 is 15.2 Å². The van der Waals surface area contributed by atoms with Gasteiger partial charge in [-0.1, -0.05) is 72.8 Å². The molecule has 3 aromatic rings. The first-order valence-corrected chi connectivity index (χ1v) is 9.38. The zero-order chi connectivity index (χ0) is 19.8. The Morgan fingerprint density at radius 2 is 1.32 bits per heavy atom. The predicted octanol–water partition coefficient (Wildman–Crippen LogP) is 4.27. The number of nitrogens with two attached hydrogens (primary N) is 1. The van der Waals surface area contributed by atoms with Gasteiger partial charge in [0.1, 0.15) is 5.75 Å². The molecule has 0 spiro atoms. The van der Waals surface area contributed by atoms with E-state index in [0.717, 1.165) is 22.4 Å². The minimum Gasteiger partial charge on any atom is -0.497 e. The van der Waals surface area contributed by atoms with Crippen LogP contribution < -0.4 is 10.5 Å². The van der Waals surface area contributed by atoms with E-state index in [9.17, 15) is 4.79 Å². The van der Waals surface area contributed by atoms with E-state index in [1.54, 1.807) is 7.11 Å². The molecule has 0 atom stereocenters. The number of carbonyl (C=O) groups excluding carboxylic acids is 1. The summed E-state index contributed by atoms with van der Waals surface area (Å²) in [5.74, 6) is 0.460. The Morgan fingerprint density at radius 1 is 0.821 bits per heavy atom. The minimum atomic E-state index is -1.06. The Hall–Kier alpha value is -3.11. The summed E-state index contributed by atoms with van der Waals surface area (Å²) in [7, 11) is 1.63. The highest BCUT2D eigenvalue weighted by Gasteiger charge is 2.40. The third-order valence-electron chi connectivity index (χ3n) is 4.71. The Bertz CT molecular complexity index is 837. The number of ether oxygens (including phenoxy) is 2. The first-order valence-electron chi connectivity index (χ1n) is 9.38. The van der Waals surface area contributed by atoms with Gasteiger partial charge in [0, 0.05) is 23.1 Å². The lowest BCUT2D eigenvalue weighted by Crippen LogP contribution is -2.35. The third kappa shape index (κ3) is 4.07. The van der Waals surface area contributed by atoms with Gasteiger partial charge in [-0.05, 0) is 25.1 Å². The quantitative estimate of drug-likeness (QED) is 0.472. The molecule has 28 heavy (non-hydrogen) atoms. The van der Waals surface area contributed by atoms with Crippen LogP contribution in [0.3, 0.4) is 0 Å². The highest BCUT2D eigenvalue weighted by atomic mass is 16.6. The number of rotatable bonds is 8. The molecule has 0 aliphatic carbocycles. The van der Waals surface area contributed by atoms with E-state index >= 15 is 0 Å². The van der Waals surface area contributed by atoms with Crippen molar-refractivity contribution in [1.82, 2.24) is 0 Å². The van der Waals surface area contributed by atoms with E-state index in [-0.39, 0.29) is 12.4 Å². The molecular formula is C24H25NO3. The fraction of sp³-hybridized carbons (Fsp3) is 0.208. The highest BCUT2D eigenvalue weighted by molar-refractivity contribution is 5.72. The maximum absolute atomic E-state index is 12.8. The van der Waals surface area contributed by atoms with Gasteiger partial charge >= 0.3 is 5.97 Å². The molecule has 0 saturated heterocycles. The average Bonchev–Trinajstić information content (AvgIpc) is 2.77. The van der Waals surface area contributed by atoms with Gasteiger partial charge in [0.25, 0.3) is 0 Å². The second-order valence-electron chi connectivity index (χ2n) is 6.51. The molecule has 4 heteroatoms. The second kappa shape index (κ2) is 9.20. The maximum Gasteiger partial charge on any atom is 0.307 e. The van der Waals surface area contributed by atoms with Gasteiger partial charge in [-0.15, -0.1) is 0 Å². The summed E-state index contributed by atoms with van der Waals surface area (Å²) in [4.78, 5) is 12.8. The number of esters is 1. The number of hydrogen-bond acceptors (Lipinski definition) is 4. The Labute approximate surface area is 165 Å². The van der Waals surface area contributed by atoms with Crippen LogP contribution in [0, 0.1) is 0 Å². The highest BCUT2D eigenvalue weighted by Crippen LogP contribution is 2.41. The van der Waals surface area contributed by atoms with Crippen molar-refractivity contribution in [2.75, 3.05) is 13.7 Å². The van der Waals surface area contributed by atoms with Crippen molar-refractivity contribution in [3.05, 3.63) is 102 Å². The van der Waals surface area contributed by atoms with E-state index in [4.69, 9.17) is 15.2 Å². The molecule has 0 saturated carbocycles. The molecule has 0 fully saturated rings. The Balaban J connectivity index is 2.20. The molecule has 0 amide bonds. The molecule has 0 unspecified atom stereocenters. The van der Waals surface area contributed by atoms with Crippen molar-refractivity contribution in [2.24, 2.45) is 5.73 Å². The van der Waals surface area contributed by atoms with E-state index in [2.05, 4.69) is 0 Å². The zero-order valence-electron chi connectivity index (χ0n) is 16.0. The van der Waals surface area contributed by atoms with Crippen LogP contribution in [0.25, 0.3) is 0 Å². The van der Waals surface area contributed by atoms with Gasteiger partial charge in [0.15, 0.2) is 5.60 Å². The van der Waals surface area contributed by atoms with Crippen LogP contribution >= 0.6 is 0 Å². The van der Waals surface area contributed by atoms with Crippen molar-refractivity contribution in [2.45, 2.75) is 18.4 Å². The molecule has 0 bridgehead atoms. The average molecular weight is 375 g/mol. The molecule has 144 valence electrons. The molecule has 4 nitrogen and oxygen atoms in total. The molecule has 0 radical (unpaired) electrons. The normalized spacial score (nSPS) is 11.1. The fourth-order valence-corrected chi connectivity index (χ4v) is 3.32. The molecule has 3 rings (SSSR count). The van der Waals surface area contributed by atoms with E-state index in [0.29, 0.717) is 13.0 Å². The first-order chi connectivity index (χ1) is 13.7. The number of carbonyl (C=O) groups is 1. The van der Waals surface area contributed by atoms with Gasteiger partial charge in [-0.25, -0.2) is 0 Å². The molecular weight excluding hydrogens is 350 g/mol. The Morgan fingerprint density at radius 3 is 1.79 bits per heavy atom. The smallest absolute Gasteiger partial charge is 0.307 e. The number of benzene rings is 3. The molecule has 0 aromatic heterocycles. The maximum atomic E-state index is 12.8. The molecule has 3 aromatic carbocycles. The second-order valence-corrected chi connectivity index (χ2v) is 6.51. The van der Waals surface area contributed by atoms with Crippen LogP contribution in [0.5, 0.6) is 5.75 Å². The van der Waals surface area contributed by atoms with Crippen molar-refractivity contribution < 1.29 is 14.3 Å². The summed E-state index contributed by atoms with van der Waals surface area (Å²) in [6, 6.07) is 27.2. The third-order valence-corrected chi connectivity index (χ3v) is 4.71. The van der Waals surface area contributed by atoms with E-state index in [1.807, 2.05) is 84.9 Å². The van der Waals surface area contributed by atoms with Crippen LogP contribution in [0.4, 0.5) is 0 Å². The molecule has 0 aliphatic heterocycles. The van der Waals surface area contributed by atoms with Crippen LogP contribution in [-0.2, 0) is 15.1 Å². The summed E-state index contributed by atoms with van der Waals surface area (Å²) in [6.45, 7) is 0.446. The summed E-state index contributed by atoms with van der Waals surface area (Å²) >= 11 is 0. The van der Waals surface area contributed by atoms with Crippen LogP contribution in [0.1, 0.15) is 29.5 Å². The standard InChI is InChI=1S/C24H25NO3/c1-27-22-16-14-21(15-17-22)24(19-9-4-2-5-10-19,20-11-6-3-7-12-20)28-23(26)13-8-18-25/h2-7,9-12,14-17H,8,13,18,25H2,1H3. The van der Waals surface area contributed by atoms with Crippen molar-refractivity contribution in [3.63, 3.8) is 0 Å². The van der Waals surface area contributed by atoms with Crippen LogP contribution in [0.15, 0.2) is 84.9 Å². The largest absolute Gasteiger partial charge is 0.497 e. The van der Waals surface area contributed by atoms with E-state index in [1.165, 1.54) is 0 Å². The Kier molecular flexibility index (Phi) is 6.45. The molecule has 2 N–H and O–H groups in total. The molecule has 0 heterocycles. The SMILES string of the molecule is COc1ccc(C(OC(=O)CCCN)(c2ccccc2)c2ccccc2)cc1. The topological polar surface area (TPSA) is 61.5 Å². The monoisotopic (exact) mass is 375 g/mol. The molecule has 0 aliphatic rings. The van der Waals surface area contributed by atoms with Gasteiger partial charge in [-0.2, -0.15) is 0 Å². The lowest BCUT2D eigenvalue weighted by molar-refractivity contribution is -0.153. The minimum absolute atomic E-state index is 0.272.